The molecule has 0 spiro atoms. The molecule has 2 fully saturated rings. The van der Waals surface area contributed by atoms with Crippen LogP contribution in [0.2, 0.25) is 0 Å². The highest BCUT2D eigenvalue weighted by Gasteiger charge is 2.55. The summed E-state index contributed by atoms with van der Waals surface area (Å²) < 4.78 is 27.0. The molecule has 0 aromatic heterocycles. The Bertz CT molecular complexity index is 529. The number of carboxylic acid groups (broad SMARTS) is 1. The van der Waals surface area contributed by atoms with Crippen LogP contribution in [0, 0.1) is 28.9 Å². The normalized spacial score (nSPS) is 32.7. The van der Waals surface area contributed by atoms with E-state index < -0.39 is 23.0 Å². The minimum atomic E-state index is -0.902. The van der Waals surface area contributed by atoms with Crippen LogP contribution in [0.1, 0.15) is 31.2 Å². The number of aliphatic carboxylic acids is 1. The summed E-state index contributed by atoms with van der Waals surface area (Å²) in [5.74, 6) is -2.11. The number of benzene rings is 1. The molecule has 102 valence electrons. The number of fused-ring (bicyclic) bond motifs is 2. The van der Waals surface area contributed by atoms with Gasteiger partial charge in [0, 0.05) is 0 Å². The van der Waals surface area contributed by atoms with Crippen LogP contribution in [0.15, 0.2) is 18.2 Å². The van der Waals surface area contributed by atoms with Crippen LogP contribution >= 0.6 is 0 Å². The summed E-state index contributed by atoms with van der Waals surface area (Å²) in [6.07, 6.45) is 3.60. The fraction of sp³-hybridized carbons (Fsp3) is 0.533. The van der Waals surface area contributed by atoms with Crippen molar-refractivity contribution in [2.45, 2.75) is 32.1 Å². The summed E-state index contributed by atoms with van der Waals surface area (Å²) in [6, 6.07) is 4.00. The topological polar surface area (TPSA) is 37.3 Å². The van der Waals surface area contributed by atoms with Crippen molar-refractivity contribution in [3.05, 3.63) is 35.4 Å². The van der Waals surface area contributed by atoms with Crippen LogP contribution in [0.3, 0.4) is 0 Å². The summed E-state index contributed by atoms with van der Waals surface area (Å²) in [5.41, 5.74) is -0.702. The third-order valence-corrected chi connectivity index (χ3v) is 4.94. The van der Waals surface area contributed by atoms with Crippen molar-refractivity contribution in [3.63, 3.8) is 0 Å². The summed E-state index contributed by atoms with van der Waals surface area (Å²) in [5, 5.41) is 9.59. The zero-order valence-corrected chi connectivity index (χ0v) is 10.5. The van der Waals surface area contributed by atoms with E-state index in [1.165, 1.54) is 12.1 Å². The van der Waals surface area contributed by atoms with Crippen molar-refractivity contribution in [2.75, 3.05) is 0 Å². The second-order valence-electron chi connectivity index (χ2n) is 5.93. The number of hydrogen-bond acceptors (Lipinski definition) is 1. The lowest BCUT2D eigenvalue weighted by atomic mass is 9.69. The third kappa shape index (κ3) is 1.85. The molecule has 2 bridgehead atoms. The van der Waals surface area contributed by atoms with Gasteiger partial charge in [0.2, 0.25) is 0 Å². The van der Waals surface area contributed by atoms with Crippen molar-refractivity contribution in [3.8, 4) is 0 Å². The molecule has 19 heavy (non-hydrogen) atoms. The fourth-order valence-electron chi connectivity index (χ4n) is 4.02. The molecule has 0 saturated heterocycles. The SMILES string of the molecule is O=C(O)C1(Cc2cccc(F)c2F)CC2CCC1C2. The van der Waals surface area contributed by atoms with Gasteiger partial charge in [0.1, 0.15) is 0 Å². The Kier molecular flexibility index (Phi) is 2.84. The Balaban J connectivity index is 1.95. The molecule has 1 aromatic rings. The van der Waals surface area contributed by atoms with Gasteiger partial charge >= 0.3 is 5.97 Å². The largest absolute Gasteiger partial charge is 0.481 e. The summed E-state index contributed by atoms with van der Waals surface area (Å²) in [4.78, 5) is 11.7. The number of rotatable bonds is 3. The number of carboxylic acids is 1. The van der Waals surface area contributed by atoms with E-state index in [2.05, 4.69) is 0 Å². The Morgan fingerprint density at radius 2 is 2.16 bits per heavy atom. The van der Waals surface area contributed by atoms with Gasteiger partial charge < -0.3 is 5.11 Å². The second kappa shape index (κ2) is 4.29. The fourth-order valence-corrected chi connectivity index (χ4v) is 4.02. The Hall–Kier alpha value is -1.45. The molecule has 3 atom stereocenters. The number of halogens is 2. The Labute approximate surface area is 110 Å². The molecule has 1 aromatic carbocycles. The zero-order chi connectivity index (χ0) is 13.6. The van der Waals surface area contributed by atoms with Gasteiger partial charge in [0.25, 0.3) is 0 Å². The molecule has 3 rings (SSSR count). The van der Waals surface area contributed by atoms with E-state index in [-0.39, 0.29) is 17.9 Å². The molecule has 2 saturated carbocycles. The minimum Gasteiger partial charge on any atom is -0.481 e. The van der Waals surface area contributed by atoms with Gasteiger partial charge in [-0.25, -0.2) is 8.78 Å². The average Bonchev–Trinajstić information content (AvgIpc) is 2.96. The van der Waals surface area contributed by atoms with Crippen LogP contribution in [0.4, 0.5) is 8.78 Å². The lowest BCUT2D eigenvalue weighted by Crippen LogP contribution is -2.38. The van der Waals surface area contributed by atoms with Gasteiger partial charge in [-0.2, -0.15) is 0 Å². The van der Waals surface area contributed by atoms with Gasteiger partial charge in [-0.15, -0.1) is 0 Å². The van der Waals surface area contributed by atoms with E-state index in [0.717, 1.165) is 25.3 Å². The van der Waals surface area contributed by atoms with Gasteiger partial charge in [0.15, 0.2) is 11.6 Å². The minimum absolute atomic E-state index is 0.104. The van der Waals surface area contributed by atoms with E-state index in [1.807, 2.05) is 0 Å². The van der Waals surface area contributed by atoms with Crippen molar-refractivity contribution in [1.29, 1.82) is 0 Å². The van der Waals surface area contributed by atoms with E-state index in [1.54, 1.807) is 0 Å². The van der Waals surface area contributed by atoms with Gasteiger partial charge in [-0.05, 0) is 49.1 Å². The lowest BCUT2D eigenvalue weighted by molar-refractivity contribution is -0.152. The van der Waals surface area contributed by atoms with Crippen LogP contribution in [0.5, 0.6) is 0 Å². The van der Waals surface area contributed by atoms with Crippen LogP contribution in [-0.4, -0.2) is 11.1 Å². The highest BCUT2D eigenvalue weighted by atomic mass is 19.2. The molecule has 3 unspecified atom stereocenters. The average molecular weight is 266 g/mol. The first-order chi connectivity index (χ1) is 9.03. The van der Waals surface area contributed by atoms with Crippen LogP contribution < -0.4 is 0 Å². The Morgan fingerprint density at radius 1 is 1.37 bits per heavy atom. The summed E-state index contributed by atoms with van der Waals surface area (Å²) >= 11 is 0. The first-order valence-corrected chi connectivity index (χ1v) is 6.69. The maximum atomic E-state index is 13.8. The first-order valence-electron chi connectivity index (χ1n) is 6.69. The molecule has 2 aliphatic rings. The number of carbonyl (C=O) groups is 1. The molecule has 4 heteroatoms. The van der Waals surface area contributed by atoms with E-state index >= 15 is 0 Å². The first kappa shape index (κ1) is 12.6. The molecule has 1 N–H and O–H groups in total. The Morgan fingerprint density at radius 3 is 2.74 bits per heavy atom. The van der Waals surface area contributed by atoms with Crippen molar-refractivity contribution >= 4 is 5.97 Å². The zero-order valence-electron chi connectivity index (χ0n) is 10.5. The van der Waals surface area contributed by atoms with Crippen LogP contribution in [0.25, 0.3) is 0 Å². The van der Waals surface area contributed by atoms with E-state index in [4.69, 9.17) is 0 Å². The highest BCUT2D eigenvalue weighted by molar-refractivity contribution is 5.76. The molecular formula is C15H16F2O2. The number of hydrogen-bond donors (Lipinski definition) is 1. The molecule has 2 aliphatic carbocycles. The standard InChI is InChI=1S/C15H16F2O2/c16-12-3-1-2-10(13(12)17)8-15(14(18)19)7-9-4-5-11(15)6-9/h1-3,9,11H,4-8H2,(H,18,19). The van der Waals surface area contributed by atoms with Crippen molar-refractivity contribution < 1.29 is 18.7 Å². The van der Waals surface area contributed by atoms with Crippen molar-refractivity contribution in [2.24, 2.45) is 17.3 Å². The second-order valence-corrected chi connectivity index (χ2v) is 5.93. The maximum Gasteiger partial charge on any atom is 0.310 e. The molecule has 0 amide bonds. The molecule has 0 radical (unpaired) electrons. The maximum absolute atomic E-state index is 13.8. The lowest BCUT2D eigenvalue weighted by Gasteiger charge is -2.33. The van der Waals surface area contributed by atoms with Gasteiger partial charge in [-0.3, -0.25) is 4.79 Å². The van der Waals surface area contributed by atoms with Crippen LogP contribution in [-0.2, 0) is 11.2 Å². The third-order valence-electron chi connectivity index (χ3n) is 4.94. The quantitative estimate of drug-likeness (QED) is 0.910. The predicted molar refractivity (Wildman–Crippen MR) is 65.6 cm³/mol. The summed E-state index contributed by atoms with van der Waals surface area (Å²) in [6.45, 7) is 0. The monoisotopic (exact) mass is 266 g/mol. The smallest absolute Gasteiger partial charge is 0.310 e. The van der Waals surface area contributed by atoms with E-state index in [0.29, 0.717) is 12.3 Å². The van der Waals surface area contributed by atoms with Gasteiger partial charge in [-0.1, -0.05) is 18.6 Å². The molecule has 0 aliphatic heterocycles. The summed E-state index contributed by atoms with van der Waals surface area (Å²) in [7, 11) is 0. The van der Waals surface area contributed by atoms with Gasteiger partial charge in [0.05, 0.1) is 5.41 Å². The predicted octanol–water partition coefficient (Wildman–Crippen LogP) is 3.40. The van der Waals surface area contributed by atoms with Crippen molar-refractivity contribution in [1.82, 2.24) is 0 Å². The molecule has 2 nitrogen and oxygen atoms in total. The molecule has 0 heterocycles. The highest BCUT2D eigenvalue weighted by Crippen LogP contribution is 2.57. The molecular weight excluding hydrogens is 250 g/mol. The van der Waals surface area contributed by atoms with E-state index in [9.17, 15) is 18.7 Å².